The van der Waals surface area contributed by atoms with E-state index in [9.17, 15) is 4.79 Å². The molecule has 0 fully saturated rings. The molecule has 2 rings (SSSR count). The molecule has 1 aromatic carbocycles. The Hall–Kier alpha value is -2.22. The molecule has 18 heavy (non-hydrogen) atoms. The van der Waals surface area contributed by atoms with E-state index in [0.717, 1.165) is 18.4 Å². The number of anilines is 1. The maximum Gasteiger partial charge on any atom is 0.238 e. The van der Waals surface area contributed by atoms with Crippen LogP contribution in [0.15, 0.2) is 12.1 Å². The van der Waals surface area contributed by atoms with Gasteiger partial charge in [-0.05, 0) is 18.1 Å². The molecule has 0 saturated heterocycles. The van der Waals surface area contributed by atoms with E-state index < -0.39 is 0 Å². The zero-order chi connectivity index (χ0) is 13.0. The first-order valence-corrected chi connectivity index (χ1v) is 5.84. The zero-order valence-electron chi connectivity index (χ0n) is 10.2. The molecule has 1 aliphatic heterocycles. The fourth-order valence-corrected chi connectivity index (χ4v) is 1.84. The molecule has 1 aliphatic rings. The van der Waals surface area contributed by atoms with Gasteiger partial charge in [0, 0.05) is 11.8 Å². The fraction of sp³-hybridized carbons (Fsp3) is 0.385. The molecule has 0 aromatic heterocycles. The first-order chi connectivity index (χ1) is 8.74. The van der Waals surface area contributed by atoms with Crippen LogP contribution in [0.25, 0.3) is 0 Å². The van der Waals surface area contributed by atoms with Crippen molar-refractivity contribution in [3.05, 3.63) is 17.7 Å². The third-order valence-electron chi connectivity index (χ3n) is 2.63. The first kappa shape index (κ1) is 12.2. The van der Waals surface area contributed by atoms with Crippen molar-refractivity contribution in [3.8, 4) is 17.6 Å². The third-order valence-corrected chi connectivity index (χ3v) is 2.63. The van der Waals surface area contributed by atoms with Gasteiger partial charge < -0.3 is 14.8 Å². The molecule has 1 aromatic rings. The second-order valence-electron chi connectivity index (χ2n) is 4.00. The zero-order valence-corrected chi connectivity index (χ0v) is 10.2. The standard InChI is InChI=1S/C13H14N2O3/c1-2-3-9-6-11-12(18-8-17-11)7-10(9)15-13(16)4-5-14/h6-7H,2-4,8H2,1H3,(H,15,16). The molecule has 0 saturated carbocycles. The molecule has 5 heteroatoms. The Labute approximate surface area is 105 Å². The largest absolute Gasteiger partial charge is 0.454 e. The molecule has 0 aliphatic carbocycles. The summed E-state index contributed by atoms with van der Waals surface area (Å²) in [5.74, 6) is 1.02. The second kappa shape index (κ2) is 5.41. The van der Waals surface area contributed by atoms with Crippen molar-refractivity contribution in [1.29, 1.82) is 5.26 Å². The van der Waals surface area contributed by atoms with Crippen LogP contribution in [0.5, 0.6) is 11.5 Å². The minimum Gasteiger partial charge on any atom is -0.454 e. The number of carbonyl (C=O) groups is 1. The molecule has 0 atom stereocenters. The summed E-state index contributed by atoms with van der Waals surface area (Å²) in [5, 5.41) is 11.2. The quantitative estimate of drug-likeness (QED) is 0.884. The number of ether oxygens (including phenoxy) is 2. The van der Waals surface area contributed by atoms with E-state index in [1.54, 1.807) is 6.07 Å². The van der Waals surface area contributed by atoms with Crippen molar-refractivity contribution in [2.24, 2.45) is 0 Å². The van der Waals surface area contributed by atoms with Gasteiger partial charge in [-0.1, -0.05) is 13.3 Å². The number of carbonyl (C=O) groups excluding carboxylic acids is 1. The normalized spacial score (nSPS) is 12.0. The lowest BCUT2D eigenvalue weighted by Gasteiger charge is -2.11. The number of hydrogen-bond donors (Lipinski definition) is 1. The van der Waals surface area contributed by atoms with Crippen molar-refractivity contribution in [2.45, 2.75) is 26.2 Å². The molecule has 0 spiro atoms. The Bertz CT molecular complexity index is 506. The van der Waals surface area contributed by atoms with Gasteiger partial charge in [-0.2, -0.15) is 5.26 Å². The Balaban J connectivity index is 2.27. The molecule has 0 bridgehead atoms. The summed E-state index contributed by atoms with van der Waals surface area (Å²) >= 11 is 0. The van der Waals surface area contributed by atoms with Crippen LogP contribution in [0.4, 0.5) is 5.69 Å². The van der Waals surface area contributed by atoms with Crippen LogP contribution in [0.3, 0.4) is 0 Å². The number of aryl methyl sites for hydroxylation is 1. The maximum atomic E-state index is 11.5. The van der Waals surface area contributed by atoms with Crippen LogP contribution in [0.1, 0.15) is 25.3 Å². The average molecular weight is 246 g/mol. The molecule has 1 heterocycles. The molecule has 0 unspecified atom stereocenters. The third kappa shape index (κ3) is 2.54. The van der Waals surface area contributed by atoms with E-state index in [-0.39, 0.29) is 19.1 Å². The minimum atomic E-state index is -0.311. The van der Waals surface area contributed by atoms with Crippen LogP contribution >= 0.6 is 0 Å². The lowest BCUT2D eigenvalue weighted by Crippen LogP contribution is -2.11. The fourth-order valence-electron chi connectivity index (χ4n) is 1.84. The van der Waals surface area contributed by atoms with E-state index in [4.69, 9.17) is 14.7 Å². The van der Waals surface area contributed by atoms with Crippen molar-refractivity contribution in [1.82, 2.24) is 0 Å². The van der Waals surface area contributed by atoms with Gasteiger partial charge in [-0.15, -0.1) is 0 Å². The minimum absolute atomic E-state index is 0.153. The maximum absolute atomic E-state index is 11.5. The van der Waals surface area contributed by atoms with Gasteiger partial charge in [0.15, 0.2) is 11.5 Å². The van der Waals surface area contributed by atoms with Gasteiger partial charge in [0.2, 0.25) is 12.7 Å². The Morgan fingerprint density at radius 3 is 2.83 bits per heavy atom. The van der Waals surface area contributed by atoms with Crippen LogP contribution < -0.4 is 14.8 Å². The second-order valence-corrected chi connectivity index (χ2v) is 4.00. The van der Waals surface area contributed by atoms with Crippen molar-refractivity contribution >= 4 is 11.6 Å². The number of amides is 1. The molecule has 0 radical (unpaired) electrons. The summed E-state index contributed by atoms with van der Waals surface area (Å²) in [6.07, 6.45) is 1.64. The highest BCUT2D eigenvalue weighted by Gasteiger charge is 2.17. The van der Waals surface area contributed by atoms with Gasteiger partial charge in [0.1, 0.15) is 6.42 Å². The van der Waals surface area contributed by atoms with Gasteiger partial charge >= 0.3 is 0 Å². The molecule has 1 amide bonds. The summed E-state index contributed by atoms with van der Waals surface area (Å²) in [7, 11) is 0. The van der Waals surface area contributed by atoms with Crippen LogP contribution in [-0.4, -0.2) is 12.7 Å². The van der Waals surface area contributed by atoms with E-state index in [2.05, 4.69) is 12.2 Å². The summed E-state index contributed by atoms with van der Waals surface area (Å²) in [5.41, 5.74) is 1.69. The van der Waals surface area contributed by atoms with Crippen LogP contribution in [0.2, 0.25) is 0 Å². The van der Waals surface area contributed by atoms with Gasteiger partial charge in [0.05, 0.1) is 6.07 Å². The predicted molar refractivity (Wildman–Crippen MR) is 65.4 cm³/mol. The molecular weight excluding hydrogens is 232 g/mol. The molecule has 1 N–H and O–H groups in total. The lowest BCUT2D eigenvalue weighted by molar-refractivity contribution is -0.115. The van der Waals surface area contributed by atoms with Gasteiger partial charge in [-0.3, -0.25) is 4.79 Å². The van der Waals surface area contributed by atoms with E-state index in [1.807, 2.05) is 12.1 Å². The first-order valence-electron chi connectivity index (χ1n) is 5.84. The van der Waals surface area contributed by atoms with Crippen LogP contribution in [0, 0.1) is 11.3 Å². The number of nitrogens with zero attached hydrogens (tertiary/aromatic N) is 1. The molecule has 5 nitrogen and oxygen atoms in total. The number of fused-ring (bicyclic) bond motifs is 1. The van der Waals surface area contributed by atoms with Crippen molar-refractivity contribution < 1.29 is 14.3 Å². The number of rotatable bonds is 4. The van der Waals surface area contributed by atoms with Crippen molar-refractivity contribution in [3.63, 3.8) is 0 Å². The molecule has 94 valence electrons. The number of benzene rings is 1. The highest BCUT2D eigenvalue weighted by Crippen LogP contribution is 2.37. The van der Waals surface area contributed by atoms with E-state index in [1.165, 1.54) is 0 Å². The van der Waals surface area contributed by atoms with Crippen LogP contribution in [-0.2, 0) is 11.2 Å². The van der Waals surface area contributed by atoms with Gasteiger partial charge in [-0.25, -0.2) is 0 Å². The number of nitriles is 1. The monoisotopic (exact) mass is 246 g/mol. The van der Waals surface area contributed by atoms with E-state index >= 15 is 0 Å². The summed E-state index contributed by atoms with van der Waals surface area (Å²) in [6.45, 7) is 2.27. The number of hydrogen-bond acceptors (Lipinski definition) is 4. The Kier molecular flexibility index (Phi) is 3.68. The topological polar surface area (TPSA) is 71.4 Å². The summed E-state index contributed by atoms with van der Waals surface area (Å²) in [6, 6.07) is 5.46. The highest BCUT2D eigenvalue weighted by atomic mass is 16.7. The SMILES string of the molecule is CCCc1cc2c(cc1NC(=O)CC#N)OCO2. The van der Waals surface area contributed by atoms with Crippen molar-refractivity contribution in [2.75, 3.05) is 12.1 Å². The summed E-state index contributed by atoms with van der Waals surface area (Å²) < 4.78 is 10.6. The number of nitrogens with one attached hydrogen (secondary N) is 1. The van der Waals surface area contributed by atoms with E-state index in [0.29, 0.717) is 17.2 Å². The Morgan fingerprint density at radius 1 is 1.44 bits per heavy atom. The molecular formula is C13H14N2O3. The highest BCUT2D eigenvalue weighted by molar-refractivity contribution is 5.93. The lowest BCUT2D eigenvalue weighted by atomic mass is 10.1. The average Bonchev–Trinajstić information content (AvgIpc) is 2.77. The summed E-state index contributed by atoms with van der Waals surface area (Å²) in [4.78, 5) is 11.5. The predicted octanol–water partition coefficient (Wildman–Crippen LogP) is 2.22. The smallest absolute Gasteiger partial charge is 0.238 e. The Morgan fingerprint density at radius 2 is 2.17 bits per heavy atom. The van der Waals surface area contributed by atoms with Gasteiger partial charge in [0.25, 0.3) is 0 Å².